The van der Waals surface area contributed by atoms with Crippen molar-refractivity contribution in [1.82, 2.24) is 30.6 Å². The molecule has 2 amide bonds. The van der Waals surface area contributed by atoms with Crippen molar-refractivity contribution in [2.75, 3.05) is 13.1 Å². The maximum atomic E-state index is 12.7. The minimum absolute atomic E-state index is 0.0166. The summed E-state index contributed by atoms with van der Waals surface area (Å²) in [7, 11) is 0. The molecule has 3 heterocycles. The monoisotopic (exact) mass is 396 g/mol. The molecule has 2 aliphatic heterocycles. The fraction of sp³-hybridized carbons (Fsp3) is 0.571. The first-order valence-electron chi connectivity index (χ1n) is 10.7. The summed E-state index contributed by atoms with van der Waals surface area (Å²) in [4.78, 5) is 31.6. The Hall–Kier alpha value is -2.45. The van der Waals surface area contributed by atoms with Crippen LogP contribution in [0.2, 0.25) is 0 Å². The molecular formula is C21H28N6O2. The Morgan fingerprint density at radius 3 is 3.00 bits per heavy atom. The summed E-state index contributed by atoms with van der Waals surface area (Å²) >= 11 is 0. The lowest BCUT2D eigenvalue weighted by atomic mass is 9.84. The molecule has 4 unspecified atom stereocenters. The fourth-order valence-electron chi connectivity index (χ4n) is 5.13. The molecule has 0 radical (unpaired) electrons. The second kappa shape index (κ2) is 7.76. The molecule has 2 aromatic rings. The highest BCUT2D eigenvalue weighted by atomic mass is 16.2. The number of carbonyl (C=O) groups is 2. The largest absolute Gasteiger partial charge is 0.354 e. The van der Waals surface area contributed by atoms with E-state index in [9.17, 15) is 9.59 Å². The summed E-state index contributed by atoms with van der Waals surface area (Å²) in [5.74, 6) is 0.225. The van der Waals surface area contributed by atoms with E-state index < -0.39 is 0 Å². The van der Waals surface area contributed by atoms with E-state index in [-0.39, 0.29) is 23.9 Å². The van der Waals surface area contributed by atoms with Crippen LogP contribution in [0, 0.1) is 11.8 Å². The van der Waals surface area contributed by atoms with Gasteiger partial charge in [0.2, 0.25) is 11.8 Å². The Morgan fingerprint density at radius 1 is 1.21 bits per heavy atom. The van der Waals surface area contributed by atoms with Crippen LogP contribution >= 0.6 is 0 Å². The molecule has 8 heteroatoms. The van der Waals surface area contributed by atoms with E-state index in [4.69, 9.17) is 0 Å². The van der Waals surface area contributed by atoms with E-state index in [1.54, 1.807) is 6.33 Å². The van der Waals surface area contributed by atoms with Gasteiger partial charge in [0, 0.05) is 38.0 Å². The highest BCUT2D eigenvalue weighted by molar-refractivity contribution is 5.89. The molecule has 8 nitrogen and oxygen atoms in total. The molecule has 3 fully saturated rings. The molecule has 1 aromatic carbocycles. The molecule has 0 bridgehead atoms. The third kappa shape index (κ3) is 3.51. The van der Waals surface area contributed by atoms with Crippen molar-refractivity contribution in [3.8, 4) is 0 Å². The Balaban J connectivity index is 1.15. The number of para-hydroxylation sites is 2. The standard InChI is InChI=1S/C21H28N6O2/c28-19-11-14(12-27(19)20-15-5-1-2-6-16(15)24-25-20)21(29)22-9-10-26-13-23-17-7-3-4-8-18(17)26/h3-4,7-8,13-16,20,24-25H,1-2,5-6,9-12H2,(H,22,29). The molecule has 1 aliphatic carbocycles. The van der Waals surface area contributed by atoms with Crippen LogP contribution in [0.3, 0.4) is 0 Å². The second-order valence-corrected chi connectivity index (χ2v) is 8.45. The summed E-state index contributed by atoms with van der Waals surface area (Å²) in [6.07, 6.45) is 6.87. The number of rotatable bonds is 5. The average Bonchev–Trinajstić information content (AvgIpc) is 3.45. The van der Waals surface area contributed by atoms with Gasteiger partial charge < -0.3 is 14.8 Å². The number of nitrogens with one attached hydrogen (secondary N) is 3. The highest BCUT2D eigenvalue weighted by Gasteiger charge is 2.46. The number of hydrazine groups is 1. The minimum Gasteiger partial charge on any atom is -0.354 e. The third-order valence-corrected chi connectivity index (χ3v) is 6.69. The van der Waals surface area contributed by atoms with Gasteiger partial charge >= 0.3 is 0 Å². The van der Waals surface area contributed by atoms with Crippen molar-refractivity contribution in [3.05, 3.63) is 30.6 Å². The molecule has 0 spiro atoms. The lowest BCUT2D eigenvalue weighted by Gasteiger charge is -2.32. The van der Waals surface area contributed by atoms with Crippen LogP contribution in [0.5, 0.6) is 0 Å². The molecule has 154 valence electrons. The Labute approximate surface area is 170 Å². The predicted octanol–water partition coefficient (Wildman–Crippen LogP) is 0.994. The van der Waals surface area contributed by atoms with Gasteiger partial charge in [0.15, 0.2) is 0 Å². The van der Waals surface area contributed by atoms with E-state index in [1.807, 2.05) is 33.7 Å². The third-order valence-electron chi connectivity index (χ3n) is 6.69. The van der Waals surface area contributed by atoms with E-state index in [2.05, 4.69) is 21.2 Å². The molecule has 29 heavy (non-hydrogen) atoms. The van der Waals surface area contributed by atoms with Gasteiger partial charge in [-0.2, -0.15) is 0 Å². The van der Waals surface area contributed by atoms with Crippen LogP contribution < -0.4 is 16.2 Å². The summed E-state index contributed by atoms with van der Waals surface area (Å²) in [6.45, 7) is 1.69. The van der Waals surface area contributed by atoms with Crippen LogP contribution in [0.15, 0.2) is 30.6 Å². The summed E-state index contributed by atoms with van der Waals surface area (Å²) in [5, 5.41) is 3.01. The highest BCUT2D eigenvalue weighted by Crippen LogP contribution is 2.34. The number of hydrogen-bond donors (Lipinski definition) is 3. The van der Waals surface area contributed by atoms with Gasteiger partial charge in [-0.3, -0.25) is 15.0 Å². The minimum atomic E-state index is -0.272. The van der Waals surface area contributed by atoms with Crippen LogP contribution in [0.25, 0.3) is 11.0 Å². The zero-order valence-electron chi connectivity index (χ0n) is 16.5. The zero-order valence-corrected chi connectivity index (χ0v) is 16.5. The summed E-state index contributed by atoms with van der Waals surface area (Å²) < 4.78 is 2.04. The number of fused-ring (bicyclic) bond motifs is 2. The smallest absolute Gasteiger partial charge is 0.225 e. The molecule has 4 atom stereocenters. The average molecular weight is 396 g/mol. The topological polar surface area (TPSA) is 91.3 Å². The normalized spacial score (nSPS) is 29.4. The van der Waals surface area contributed by atoms with Crippen molar-refractivity contribution in [2.24, 2.45) is 11.8 Å². The Bertz CT molecular complexity index is 911. The van der Waals surface area contributed by atoms with Crippen molar-refractivity contribution in [2.45, 2.75) is 50.9 Å². The van der Waals surface area contributed by atoms with Gasteiger partial charge in [-0.15, -0.1) is 0 Å². The molecule has 2 saturated heterocycles. The van der Waals surface area contributed by atoms with Gasteiger partial charge in [-0.05, 0) is 25.0 Å². The zero-order chi connectivity index (χ0) is 19.8. The number of likely N-dealkylation sites (tertiary alicyclic amines) is 1. The van der Waals surface area contributed by atoms with Gasteiger partial charge in [0.1, 0.15) is 0 Å². The van der Waals surface area contributed by atoms with Gasteiger partial charge in [-0.25, -0.2) is 10.4 Å². The van der Waals surface area contributed by atoms with Gasteiger partial charge in [0.05, 0.1) is 29.4 Å². The number of amides is 2. The number of hydrogen-bond acceptors (Lipinski definition) is 5. The first-order valence-corrected chi connectivity index (χ1v) is 10.7. The lowest BCUT2D eigenvalue weighted by molar-refractivity contribution is -0.131. The van der Waals surface area contributed by atoms with E-state index in [0.717, 1.165) is 23.9 Å². The van der Waals surface area contributed by atoms with Gasteiger partial charge in [-0.1, -0.05) is 25.0 Å². The molecule has 1 saturated carbocycles. The molecule has 3 N–H and O–H groups in total. The number of nitrogens with zero attached hydrogens (tertiary/aromatic N) is 3. The summed E-state index contributed by atoms with van der Waals surface area (Å²) in [5.41, 5.74) is 8.70. The first-order chi connectivity index (χ1) is 14.2. The Morgan fingerprint density at radius 2 is 2.07 bits per heavy atom. The summed E-state index contributed by atoms with van der Waals surface area (Å²) in [6, 6.07) is 8.40. The fourth-order valence-corrected chi connectivity index (χ4v) is 5.13. The van der Waals surface area contributed by atoms with Crippen molar-refractivity contribution >= 4 is 22.8 Å². The molecule has 1 aromatic heterocycles. The maximum Gasteiger partial charge on any atom is 0.225 e. The SMILES string of the molecule is O=C(NCCn1cnc2ccccc21)C1CC(=O)N(C2NNC3CCCCC32)C1. The maximum absolute atomic E-state index is 12.7. The van der Waals surface area contributed by atoms with Crippen molar-refractivity contribution in [3.63, 3.8) is 0 Å². The Kier molecular flexibility index (Phi) is 4.97. The molecule has 5 rings (SSSR count). The number of imidazole rings is 1. The van der Waals surface area contributed by atoms with E-state index >= 15 is 0 Å². The number of carbonyl (C=O) groups excluding carboxylic acids is 2. The second-order valence-electron chi connectivity index (χ2n) is 8.45. The lowest BCUT2D eigenvalue weighted by Crippen LogP contribution is -2.48. The quantitative estimate of drug-likeness (QED) is 0.701. The first kappa shape index (κ1) is 18.6. The van der Waals surface area contributed by atoms with E-state index in [0.29, 0.717) is 38.0 Å². The van der Waals surface area contributed by atoms with Crippen LogP contribution in [0.1, 0.15) is 32.1 Å². The van der Waals surface area contributed by atoms with Crippen molar-refractivity contribution in [1.29, 1.82) is 0 Å². The van der Waals surface area contributed by atoms with Gasteiger partial charge in [0.25, 0.3) is 0 Å². The molecule has 3 aliphatic rings. The number of benzene rings is 1. The van der Waals surface area contributed by atoms with Crippen LogP contribution in [0.4, 0.5) is 0 Å². The molecular weight excluding hydrogens is 368 g/mol. The van der Waals surface area contributed by atoms with Crippen LogP contribution in [-0.4, -0.2) is 51.6 Å². The van der Waals surface area contributed by atoms with E-state index in [1.165, 1.54) is 12.8 Å². The van der Waals surface area contributed by atoms with Crippen LogP contribution in [-0.2, 0) is 16.1 Å². The predicted molar refractivity (Wildman–Crippen MR) is 108 cm³/mol. The number of aromatic nitrogens is 2. The van der Waals surface area contributed by atoms with Crippen molar-refractivity contribution < 1.29 is 9.59 Å².